The molecule has 0 radical (unpaired) electrons. The second-order valence-electron chi connectivity index (χ2n) is 9.95. The quantitative estimate of drug-likeness (QED) is 0.257. The smallest absolute Gasteiger partial charge is 0.139 e. The first-order valence-electron chi connectivity index (χ1n) is 13.6. The van der Waals surface area contributed by atoms with E-state index in [1.165, 1.54) is 89.0 Å². The molecule has 2 nitrogen and oxygen atoms in total. The number of benzene rings is 1. The molecule has 0 N–H and O–H groups in total. The summed E-state index contributed by atoms with van der Waals surface area (Å²) in [5.41, 5.74) is 3.40. The third kappa shape index (κ3) is 8.63. The molecule has 3 rings (SSSR count). The van der Waals surface area contributed by atoms with Crippen LogP contribution in [-0.2, 0) is 0 Å². The molecule has 0 saturated heterocycles. The zero-order valence-corrected chi connectivity index (χ0v) is 21.7. The average molecular weight is 470 g/mol. The SMILES string of the molecule is CCCCCCCCOc1cnc(-c2ccc(C3CCC(CCCCC)CC3)cc2)c(Cl)c1. The number of aromatic nitrogens is 1. The standard InChI is InChI=1S/C30H44ClNO/c1-3-5-7-8-9-11-21-33-28-22-29(31)30(32-23-28)27-19-17-26(18-20-27)25-15-13-24(14-16-25)12-10-6-4-2/h17-20,22-25H,3-16,21H2,1-2H3. The van der Waals surface area contributed by atoms with Crippen molar-refractivity contribution in [1.29, 1.82) is 0 Å². The van der Waals surface area contributed by atoms with Gasteiger partial charge in [0, 0.05) is 11.6 Å². The van der Waals surface area contributed by atoms with Crippen LogP contribution in [0.5, 0.6) is 5.75 Å². The van der Waals surface area contributed by atoms with Gasteiger partial charge in [0.1, 0.15) is 5.75 Å². The van der Waals surface area contributed by atoms with Crippen LogP contribution < -0.4 is 4.74 Å². The lowest BCUT2D eigenvalue weighted by Crippen LogP contribution is -2.13. The Bertz CT molecular complexity index is 795. The molecule has 0 atom stereocenters. The Morgan fingerprint density at radius 1 is 0.848 bits per heavy atom. The molecule has 0 bridgehead atoms. The first kappa shape index (κ1) is 26.1. The molecule has 1 aromatic carbocycles. The molecule has 1 aromatic heterocycles. The molecule has 3 heteroatoms. The predicted octanol–water partition coefficient (Wildman–Crippen LogP) is 10.00. The van der Waals surface area contributed by atoms with E-state index in [0.717, 1.165) is 36.0 Å². The molecule has 0 spiro atoms. The van der Waals surface area contributed by atoms with E-state index in [4.69, 9.17) is 16.3 Å². The van der Waals surface area contributed by atoms with Crippen LogP contribution in [0.1, 0.15) is 115 Å². The molecule has 0 unspecified atom stereocenters. The normalized spacial score (nSPS) is 18.4. The number of nitrogens with zero attached hydrogens (tertiary/aromatic N) is 1. The third-order valence-electron chi connectivity index (χ3n) is 7.30. The highest BCUT2D eigenvalue weighted by atomic mass is 35.5. The molecule has 1 heterocycles. The largest absolute Gasteiger partial charge is 0.492 e. The summed E-state index contributed by atoms with van der Waals surface area (Å²) in [5.74, 6) is 2.43. The van der Waals surface area contributed by atoms with Gasteiger partial charge in [-0.25, -0.2) is 0 Å². The number of ether oxygens (including phenoxy) is 1. The summed E-state index contributed by atoms with van der Waals surface area (Å²) in [6, 6.07) is 10.9. The van der Waals surface area contributed by atoms with E-state index in [0.29, 0.717) is 10.9 Å². The fourth-order valence-electron chi connectivity index (χ4n) is 5.16. The topological polar surface area (TPSA) is 22.1 Å². The Morgan fingerprint density at radius 3 is 2.21 bits per heavy atom. The average Bonchev–Trinajstić information content (AvgIpc) is 2.84. The maximum Gasteiger partial charge on any atom is 0.139 e. The Kier molecular flexibility index (Phi) is 11.6. The van der Waals surface area contributed by atoms with Gasteiger partial charge in [-0.1, -0.05) is 108 Å². The second kappa shape index (κ2) is 14.7. The van der Waals surface area contributed by atoms with Crippen LogP contribution in [0.2, 0.25) is 5.02 Å². The molecule has 0 amide bonds. The molecule has 182 valence electrons. The second-order valence-corrected chi connectivity index (χ2v) is 10.4. The minimum absolute atomic E-state index is 0.663. The highest BCUT2D eigenvalue weighted by Gasteiger charge is 2.22. The van der Waals surface area contributed by atoms with Crippen molar-refractivity contribution in [2.45, 2.75) is 110 Å². The maximum atomic E-state index is 6.58. The summed E-state index contributed by atoms with van der Waals surface area (Å²) in [7, 11) is 0. The van der Waals surface area contributed by atoms with Crippen molar-refractivity contribution < 1.29 is 4.74 Å². The summed E-state index contributed by atoms with van der Waals surface area (Å²) in [6.07, 6.45) is 20.4. The van der Waals surface area contributed by atoms with E-state index in [9.17, 15) is 0 Å². The lowest BCUT2D eigenvalue weighted by atomic mass is 9.77. The van der Waals surface area contributed by atoms with Crippen molar-refractivity contribution in [3.8, 4) is 17.0 Å². The fourth-order valence-corrected chi connectivity index (χ4v) is 5.43. The highest BCUT2D eigenvalue weighted by Crippen LogP contribution is 2.38. The van der Waals surface area contributed by atoms with Crippen molar-refractivity contribution >= 4 is 11.6 Å². The van der Waals surface area contributed by atoms with E-state index in [1.54, 1.807) is 0 Å². The van der Waals surface area contributed by atoms with Gasteiger partial charge in [0.25, 0.3) is 0 Å². The van der Waals surface area contributed by atoms with Gasteiger partial charge in [-0.15, -0.1) is 0 Å². The number of rotatable bonds is 14. The van der Waals surface area contributed by atoms with Crippen LogP contribution in [0.15, 0.2) is 36.5 Å². The molecule has 2 aromatic rings. The van der Waals surface area contributed by atoms with Crippen LogP contribution in [0.4, 0.5) is 0 Å². The van der Waals surface area contributed by atoms with Crippen LogP contribution >= 0.6 is 11.6 Å². The number of hydrogen-bond acceptors (Lipinski definition) is 2. The first-order chi connectivity index (χ1) is 16.2. The highest BCUT2D eigenvalue weighted by molar-refractivity contribution is 6.33. The van der Waals surface area contributed by atoms with Crippen LogP contribution in [0, 0.1) is 5.92 Å². The van der Waals surface area contributed by atoms with Crippen molar-refractivity contribution in [2.24, 2.45) is 5.92 Å². The molecule has 1 saturated carbocycles. The Morgan fingerprint density at radius 2 is 1.52 bits per heavy atom. The molecular formula is C30H44ClNO. The van der Waals surface area contributed by atoms with E-state index in [-0.39, 0.29) is 0 Å². The molecule has 33 heavy (non-hydrogen) atoms. The first-order valence-corrected chi connectivity index (χ1v) is 14.0. The van der Waals surface area contributed by atoms with E-state index in [2.05, 4.69) is 43.1 Å². The summed E-state index contributed by atoms with van der Waals surface area (Å²) in [4.78, 5) is 4.62. The Hall–Kier alpha value is -1.54. The van der Waals surface area contributed by atoms with Gasteiger partial charge in [-0.05, 0) is 49.5 Å². The predicted molar refractivity (Wildman–Crippen MR) is 142 cm³/mol. The monoisotopic (exact) mass is 469 g/mol. The van der Waals surface area contributed by atoms with Crippen LogP contribution in [0.25, 0.3) is 11.3 Å². The summed E-state index contributed by atoms with van der Waals surface area (Å²) in [5, 5.41) is 0.663. The number of halogens is 1. The molecular weight excluding hydrogens is 426 g/mol. The van der Waals surface area contributed by atoms with Gasteiger partial charge in [-0.3, -0.25) is 4.98 Å². The third-order valence-corrected chi connectivity index (χ3v) is 7.59. The Labute approximate surface area is 207 Å². The van der Waals surface area contributed by atoms with Gasteiger partial charge in [-0.2, -0.15) is 0 Å². The lowest BCUT2D eigenvalue weighted by molar-refractivity contribution is 0.303. The number of hydrogen-bond donors (Lipinski definition) is 0. The number of unbranched alkanes of at least 4 members (excludes halogenated alkanes) is 7. The van der Waals surface area contributed by atoms with Gasteiger partial charge in [0.05, 0.1) is 23.5 Å². The summed E-state index contributed by atoms with van der Waals surface area (Å²) < 4.78 is 5.88. The van der Waals surface area contributed by atoms with Crippen molar-refractivity contribution in [3.05, 3.63) is 47.1 Å². The minimum atomic E-state index is 0.663. The zero-order chi connectivity index (χ0) is 23.3. The van der Waals surface area contributed by atoms with Crippen molar-refractivity contribution in [3.63, 3.8) is 0 Å². The molecule has 1 aliphatic rings. The molecule has 1 aliphatic carbocycles. The van der Waals surface area contributed by atoms with Crippen LogP contribution in [-0.4, -0.2) is 11.6 Å². The van der Waals surface area contributed by atoms with Gasteiger partial charge >= 0.3 is 0 Å². The summed E-state index contributed by atoms with van der Waals surface area (Å²) in [6.45, 7) is 5.28. The zero-order valence-electron chi connectivity index (χ0n) is 21.0. The van der Waals surface area contributed by atoms with Gasteiger partial charge in [0.2, 0.25) is 0 Å². The van der Waals surface area contributed by atoms with Gasteiger partial charge in [0.15, 0.2) is 0 Å². The number of pyridine rings is 1. The summed E-state index contributed by atoms with van der Waals surface area (Å²) >= 11 is 6.58. The van der Waals surface area contributed by atoms with E-state index >= 15 is 0 Å². The van der Waals surface area contributed by atoms with Crippen molar-refractivity contribution in [2.75, 3.05) is 6.61 Å². The molecule has 1 fully saturated rings. The molecule has 0 aliphatic heterocycles. The van der Waals surface area contributed by atoms with E-state index < -0.39 is 0 Å². The minimum Gasteiger partial charge on any atom is -0.492 e. The maximum absolute atomic E-state index is 6.58. The van der Waals surface area contributed by atoms with E-state index in [1.807, 2.05) is 12.3 Å². The Balaban J connectivity index is 1.46. The lowest BCUT2D eigenvalue weighted by Gasteiger charge is -2.29. The fraction of sp³-hybridized carbons (Fsp3) is 0.633. The van der Waals surface area contributed by atoms with Crippen LogP contribution in [0.3, 0.4) is 0 Å². The van der Waals surface area contributed by atoms with Crippen molar-refractivity contribution in [1.82, 2.24) is 4.98 Å². The van der Waals surface area contributed by atoms with Gasteiger partial charge < -0.3 is 4.74 Å².